The molecule has 1 N–H and O–H groups in total. The highest BCUT2D eigenvalue weighted by atomic mass is 16.2. The summed E-state index contributed by atoms with van der Waals surface area (Å²) in [7, 11) is 3.94. The summed E-state index contributed by atoms with van der Waals surface area (Å²) in [6.45, 7) is 6.33. The molecule has 1 aliphatic rings. The van der Waals surface area contributed by atoms with E-state index >= 15 is 0 Å². The fourth-order valence-electron chi connectivity index (χ4n) is 2.12. The predicted molar refractivity (Wildman–Crippen MR) is 70.5 cm³/mol. The van der Waals surface area contributed by atoms with Gasteiger partial charge in [0, 0.05) is 39.3 Å². The van der Waals surface area contributed by atoms with Crippen LogP contribution in [0.1, 0.15) is 5.69 Å². The summed E-state index contributed by atoms with van der Waals surface area (Å²) in [5.74, 6) is 0.786. The fraction of sp³-hybridized carbons (Fsp3) is 0.667. The molecule has 2 heterocycles. The van der Waals surface area contributed by atoms with E-state index in [9.17, 15) is 4.79 Å². The highest BCUT2D eigenvalue weighted by molar-refractivity contribution is 5.91. The third-order valence-corrected chi connectivity index (χ3v) is 3.23. The molecule has 0 aliphatic carbocycles. The molecular weight excluding hydrogens is 230 g/mol. The Kier molecular flexibility index (Phi) is 3.98. The average Bonchev–Trinajstić information content (AvgIpc) is 2.61. The van der Waals surface area contributed by atoms with Crippen molar-refractivity contribution in [3.63, 3.8) is 0 Å². The van der Waals surface area contributed by atoms with Gasteiger partial charge in [0.2, 0.25) is 5.91 Å². The number of likely N-dealkylation sites (N-methyl/N-ethyl adjacent to an activating group) is 1. The molecule has 1 aromatic rings. The standard InChI is InChI=1S/C12H21N5O/c1-10-8-11(16(3)14-10)13-12(18)9-17-6-4-15(2)5-7-17/h8H,4-7,9H2,1-3H3,(H,13,18). The van der Waals surface area contributed by atoms with Crippen molar-refractivity contribution >= 4 is 11.7 Å². The molecule has 2 rings (SSSR count). The smallest absolute Gasteiger partial charge is 0.239 e. The van der Waals surface area contributed by atoms with Gasteiger partial charge in [0.1, 0.15) is 5.82 Å². The number of rotatable bonds is 3. The lowest BCUT2D eigenvalue weighted by atomic mass is 10.3. The molecule has 0 spiro atoms. The molecule has 1 aromatic heterocycles. The van der Waals surface area contributed by atoms with Crippen LogP contribution in [0, 0.1) is 6.92 Å². The van der Waals surface area contributed by atoms with E-state index in [0.29, 0.717) is 6.54 Å². The fourth-order valence-corrected chi connectivity index (χ4v) is 2.12. The molecule has 1 amide bonds. The second-order valence-electron chi connectivity index (χ2n) is 4.92. The molecule has 18 heavy (non-hydrogen) atoms. The summed E-state index contributed by atoms with van der Waals surface area (Å²) in [5.41, 5.74) is 0.910. The van der Waals surface area contributed by atoms with Crippen molar-refractivity contribution in [2.75, 3.05) is 45.1 Å². The maximum Gasteiger partial charge on any atom is 0.239 e. The van der Waals surface area contributed by atoms with E-state index in [2.05, 4.69) is 27.3 Å². The van der Waals surface area contributed by atoms with Crippen molar-refractivity contribution in [3.8, 4) is 0 Å². The number of carbonyl (C=O) groups is 1. The second kappa shape index (κ2) is 5.49. The van der Waals surface area contributed by atoms with E-state index in [-0.39, 0.29) is 5.91 Å². The van der Waals surface area contributed by atoms with Gasteiger partial charge in [-0.15, -0.1) is 0 Å². The van der Waals surface area contributed by atoms with Gasteiger partial charge in [-0.05, 0) is 14.0 Å². The summed E-state index contributed by atoms with van der Waals surface area (Å²) >= 11 is 0. The molecule has 0 aromatic carbocycles. The SMILES string of the molecule is Cc1cc(NC(=O)CN2CCN(C)CC2)n(C)n1. The number of piperazine rings is 1. The van der Waals surface area contributed by atoms with E-state index in [0.717, 1.165) is 37.7 Å². The summed E-state index contributed by atoms with van der Waals surface area (Å²) in [6, 6.07) is 1.88. The van der Waals surface area contributed by atoms with Crippen molar-refractivity contribution in [3.05, 3.63) is 11.8 Å². The molecular formula is C12H21N5O. The Hall–Kier alpha value is -1.40. The molecule has 1 fully saturated rings. The Morgan fingerprint density at radius 3 is 2.56 bits per heavy atom. The van der Waals surface area contributed by atoms with Crippen LogP contribution in [0.25, 0.3) is 0 Å². The molecule has 1 aliphatic heterocycles. The van der Waals surface area contributed by atoms with E-state index in [4.69, 9.17) is 0 Å². The third-order valence-electron chi connectivity index (χ3n) is 3.23. The zero-order valence-electron chi connectivity index (χ0n) is 11.3. The second-order valence-corrected chi connectivity index (χ2v) is 4.92. The first-order valence-electron chi connectivity index (χ1n) is 6.26. The number of nitrogens with zero attached hydrogens (tertiary/aromatic N) is 4. The lowest BCUT2D eigenvalue weighted by Gasteiger charge is -2.31. The Bertz CT molecular complexity index is 420. The van der Waals surface area contributed by atoms with Gasteiger partial charge >= 0.3 is 0 Å². The molecule has 0 atom stereocenters. The van der Waals surface area contributed by atoms with E-state index < -0.39 is 0 Å². The summed E-state index contributed by atoms with van der Waals surface area (Å²) in [5, 5.41) is 7.10. The van der Waals surface area contributed by atoms with Gasteiger partial charge in [-0.2, -0.15) is 5.10 Å². The van der Waals surface area contributed by atoms with Crippen LogP contribution in [0.4, 0.5) is 5.82 Å². The highest BCUT2D eigenvalue weighted by Gasteiger charge is 2.17. The van der Waals surface area contributed by atoms with E-state index in [1.165, 1.54) is 0 Å². The summed E-state index contributed by atoms with van der Waals surface area (Å²) in [4.78, 5) is 16.4. The van der Waals surface area contributed by atoms with Crippen molar-refractivity contribution in [1.29, 1.82) is 0 Å². The molecule has 0 radical (unpaired) electrons. The normalized spacial score (nSPS) is 17.9. The minimum Gasteiger partial charge on any atom is -0.310 e. The van der Waals surface area contributed by atoms with Crippen LogP contribution in [0.15, 0.2) is 6.07 Å². The lowest BCUT2D eigenvalue weighted by Crippen LogP contribution is -2.47. The van der Waals surface area contributed by atoms with Crippen LogP contribution >= 0.6 is 0 Å². The van der Waals surface area contributed by atoms with Gasteiger partial charge in [-0.25, -0.2) is 0 Å². The Labute approximate surface area is 108 Å². The van der Waals surface area contributed by atoms with Gasteiger partial charge in [-0.3, -0.25) is 14.4 Å². The predicted octanol–water partition coefficient (Wildman–Crippen LogP) is -0.0856. The highest BCUT2D eigenvalue weighted by Crippen LogP contribution is 2.08. The Balaban J connectivity index is 1.83. The van der Waals surface area contributed by atoms with Crippen LogP contribution in [0.3, 0.4) is 0 Å². The summed E-state index contributed by atoms with van der Waals surface area (Å²) < 4.78 is 1.69. The Morgan fingerprint density at radius 1 is 1.33 bits per heavy atom. The average molecular weight is 251 g/mol. The number of amides is 1. The molecule has 0 saturated carbocycles. The minimum absolute atomic E-state index is 0.0301. The molecule has 0 bridgehead atoms. The molecule has 6 nitrogen and oxygen atoms in total. The van der Waals surface area contributed by atoms with Gasteiger partial charge < -0.3 is 10.2 Å². The van der Waals surface area contributed by atoms with Gasteiger partial charge in [-0.1, -0.05) is 0 Å². The van der Waals surface area contributed by atoms with Crippen molar-refractivity contribution in [2.45, 2.75) is 6.92 Å². The molecule has 6 heteroatoms. The zero-order chi connectivity index (χ0) is 13.1. The minimum atomic E-state index is 0.0301. The maximum absolute atomic E-state index is 11.9. The van der Waals surface area contributed by atoms with Crippen LogP contribution in [0.2, 0.25) is 0 Å². The number of nitrogens with one attached hydrogen (secondary N) is 1. The van der Waals surface area contributed by atoms with Crippen LogP contribution in [0.5, 0.6) is 0 Å². The number of aromatic nitrogens is 2. The third kappa shape index (κ3) is 3.30. The number of aryl methyl sites for hydroxylation is 2. The number of hydrogen-bond donors (Lipinski definition) is 1. The quantitative estimate of drug-likeness (QED) is 0.816. The van der Waals surface area contributed by atoms with Crippen molar-refractivity contribution < 1.29 is 4.79 Å². The lowest BCUT2D eigenvalue weighted by molar-refractivity contribution is -0.117. The zero-order valence-corrected chi connectivity index (χ0v) is 11.3. The van der Waals surface area contributed by atoms with Gasteiger partial charge in [0.05, 0.1) is 12.2 Å². The first kappa shape index (κ1) is 13.0. The summed E-state index contributed by atoms with van der Waals surface area (Å²) in [6.07, 6.45) is 0. The molecule has 0 unspecified atom stereocenters. The van der Waals surface area contributed by atoms with Crippen LogP contribution in [-0.2, 0) is 11.8 Å². The van der Waals surface area contributed by atoms with Crippen molar-refractivity contribution in [1.82, 2.24) is 19.6 Å². The topological polar surface area (TPSA) is 53.4 Å². The van der Waals surface area contributed by atoms with Crippen LogP contribution in [-0.4, -0.2) is 65.3 Å². The molecule has 100 valence electrons. The number of anilines is 1. The van der Waals surface area contributed by atoms with E-state index in [1.54, 1.807) is 4.68 Å². The largest absolute Gasteiger partial charge is 0.310 e. The van der Waals surface area contributed by atoms with Gasteiger partial charge in [0.25, 0.3) is 0 Å². The first-order chi connectivity index (χ1) is 8.54. The first-order valence-corrected chi connectivity index (χ1v) is 6.26. The Morgan fingerprint density at radius 2 is 2.00 bits per heavy atom. The molecule has 1 saturated heterocycles. The number of carbonyl (C=O) groups excluding carboxylic acids is 1. The van der Waals surface area contributed by atoms with Crippen molar-refractivity contribution in [2.24, 2.45) is 7.05 Å². The number of hydrogen-bond acceptors (Lipinski definition) is 4. The monoisotopic (exact) mass is 251 g/mol. The maximum atomic E-state index is 11.9. The van der Waals surface area contributed by atoms with E-state index in [1.807, 2.05) is 20.0 Å². The van der Waals surface area contributed by atoms with Gasteiger partial charge in [0.15, 0.2) is 0 Å². The van der Waals surface area contributed by atoms with Crippen LogP contribution < -0.4 is 5.32 Å².